The van der Waals surface area contributed by atoms with E-state index in [1.165, 1.54) is 11.1 Å². The van der Waals surface area contributed by atoms with Crippen LogP contribution in [0.5, 0.6) is 5.75 Å². The van der Waals surface area contributed by atoms with Gasteiger partial charge in [-0.1, -0.05) is 48.5 Å². The molecule has 0 radical (unpaired) electrons. The highest BCUT2D eigenvalue weighted by Crippen LogP contribution is 2.27. The molecule has 3 nitrogen and oxygen atoms in total. The van der Waals surface area contributed by atoms with Gasteiger partial charge in [0.15, 0.2) is 0 Å². The molecule has 1 atom stereocenters. The van der Waals surface area contributed by atoms with Crippen molar-refractivity contribution in [2.75, 3.05) is 26.2 Å². The monoisotopic (exact) mass is 394 g/mol. The quantitative estimate of drug-likeness (QED) is 0.692. The van der Waals surface area contributed by atoms with Crippen molar-refractivity contribution in [3.05, 3.63) is 78.4 Å². The summed E-state index contributed by atoms with van der Waals surface area (Å²) in [5, 5.41) is 3.42. The third-order valence-corrected chi connectivity index (χ3v) is 4.50. The minimum absolute atomic E-state index is 0. The average Bonchev–Trinajstić information content (AvgIpc) is 2.66. The molecule has 5 heteroatoms. The van der Waals surface area contributed by atoms with Gasteiger partial charge >= 0.3 is 0 Å². The molecule has 142 valence electrons. The Morgan fingerprint density at radius 1 is 1.00 bits per heavy atom. The van der Waals surface area contributed by atoms with E-state index >= 15 is 0 Å². The van der Waals surface area contributed by atoms with Gasteiger partial charge in [0.2, 0.25) is 0 Å². The number of halogens is 2. The van der Waals surface area contributed by atoms with Gasteiger partial charge in [-0.3, -0.25) is 4.90 Å². The number of nitrogens with one attached hydrogen (secondary N) is 1. The van der Waals surface area contributed by atoms with Crippen LogP contribution in [0, 0.1) is 0 Å². The van der Waals surface area contributed by atoms with Gasteiger partial charge in [0.25, 0.3) is 0 Å². The maximum Gasteiger partial charge on any atom is 0.119 e. The lowest BCUT2D eigenvalue weighted by Gasteiger charge is -2.34. The number of nitrogens with zero attached hydrogens (tertiary/aromatic N) is 1. The molecule has 26 heavy (non-hydrogen) atoms. The number of piperazine rings is 1. The lowest BCUT2D eigenvalue weighted by Crippen LogP contribution is -2.45. The first-order valence-corrected chi connectivity index (χ1v) is 8.69. The van der Waals surface area contributed by atoms with Crippen LogP contribution in [0.25, 0.3) is 0 Å². The lowest BCUT2D eigenvalue weighted by atomic mass is 10.0. The van der Waals surface area contributed by atoms with Crippen molar-refractivity contribution in [2.45, 2.75) is 19.1 Å². The zero-order chi connectivity index (χ0) is 16.6. The van der Waals surface area contributed by atoms with Crippen LogP contribution in [-0.2, 0) is 6.61 Å². The van der Waals surface area contributed by atoms with Crippen LogP contribution in [0.3, 0.4) is 0 Å². The van der Waals surface area contributed by atoms with Gasteiger partial charge in [-0.25, -0.2) is 0 Å². The fraction of sp³-hybridized carbons (Fsp3) is 0.333. The van der Waals surface area contributed by atoms with Crippen LogP contribution >= 0.6 is 24.8 Å². The SMILES string of the molecule is C=CC[C@@H](c1ccc(OCc2ccccc2)cc1)N1CCNCC1.Cl.Cl. The van der Waals surface area contributed by atoms with Gasteiger partial charge < -0.3 is 10.1 Å². The summed E-state index contributed by atoms with van der Waals surface area (Å²) in [4.78, 5) is 2.54. The minimum atomic E-state index is 0. The molecule has 0 aromatic heterocycles. The minimum Gasteiger partial charge on any atom is -0.489 e. The maximum absolute atomic E-state index is 5.89. The van der Waals surface area contributed by atoms with Gasteiger partial charge in [0, 0.05) is 32.2 Å². The maximum atomic E-state index is 5.89. The van der Waals surface area contributed by atoms with Crippen molar-refractivity contribution >= 4 is 24.8 Å². The highest BCUT2D eigenvalue weighted by Gasteiger charge is 2.20. The molecule has 0 spiro atoms. The van der Waals surface area contributed by atoms with Crippen molar-refractivity contribution in [2.24, 2.45) is 0 Å². The first-order valence-electron chi connectivity index (χ1n) is 8.69. The third kappa shape index (κ3) is 6.33. The Kier molecular flexibility index (Phi) is 10.4. The fourth-order valence-electron chi connectivity index (χ4n) is 3.17. The van der Waals surface area contributed by atoms with Crippen molar-refractivity contribution in [3.8, 4) is 5.75 Å². The molecule has 0 aliphatic carbocycles. The first kappa shape index (κ1) is 22.5. The Morgan fingerprint density at radius 3 is 2.27 bits per heavy atom. The predicted molar refractivity (Wildman–Crippen MR) is 114 cm³/mol. The summed E-state index contributed by atoms with van der Waals surface area (Å²) in [6.07, 6.45) is 3.00. The van der Waals surface area contributed by atoms with E-state index in [2.05, 4.69) is 53.2 Å². The van der Waals surface area contributed by atoms with Crippen molar-refractivity contribution in [1.82, 2.24) is 10.2 Å². The molecule has 0 bridgehead atoms. The Bertz CT molecular complexity index is 628. The van der Waals surface area contributed by atoms with Crippen LogP contribution in [0.15, 0.2) is 67.3 Å². The summed E-state index contributed by atoms with van der Waals surface area (Å²) in [6.45, 7) is 8.84. The molecule has 0 amide bonds. The Balaban J connectivity index is 0.00000169. The molecule has 0 saturated carbocycles. The van der Waals surface area contributed by atoms with Crippen LogP contribution in [0.4, 0.5) is 0 Å². The fourth-order valence-corrected chi connectivity index (χ4v) is 3.17. The van der Waals surface area contributed by atoms with E-state index in [1.54, 1.807) is 0 Å². The van der Waals surface area contributed by atoms with Crippen molar-refractivity contribution < 1.29 is 4.74 Å². The zero-order valence-corrected chi connectivity index (χ0v) is 16.6. The van der Waals surface area contributed by atoms with E-state index in [0.717, 1.165) is 38.3 Å². The van der Waals surface area contributed by atoms with E-state index in [-0.39, 0.29) is 24.8 Å². The summed E-state index contributed by atoms with van der Waals surface area (Å²) in [6, 6.07) is 19.2. The molecule has 1 N–H and O–H groups in total. The van der Waals surface area contributed by atoms with Crippen LogP contribution in [0.2, 0.25) is 0 Å². The van der Waals surface area contributed by atoms with Gasteiger partial charge in [0.05, 0.1) is 0 Å². The van der Waals surface area contributed by atoms with E-state index in [4.69, 9.17) is 4.74 Å². The predicted octanol–water partition coefficient (Wildman–Crippen LogP) is 4.63. The van der Waals surface area contributed by atoms with Crippen molar-refractivity contribution in [1.29, 1.82) is 0 Å². The topological polar surface area (TPSA) is 24.5 Å². The Hall–Kier alpha value is -1.52. The molecule has 1 saturated heterocycles. The van der Waals surface area contributed by atoms with E-state index < -0.39 is 0 Å². The second kappa shape index (κ2) is 12.0. The smallest absolute Gasteiger partial charge is 0.119 e. The van der Waals surface area contributed by atoms with E-state index in [1.807, 2.05) is 24.3 Å². The average molecular weight is 395 g/mol. The third-order valence-electron chi connectivity index (χ3n) is 4.50. The molecule has 1 aliphatic heterocycles. The molecule has 3 rings (SSSR count). The molecule has 2 aromatic carbocycles. The zero-order valence-electron chi connectivity index (χ0n) is 15.0. The number of hydrogen-bond donors (Lipinski definition) is 1. The Morgan fingerprint density at radius 2 is 1.65 bits per heavy atom. The normalized spacial score (nSPS) is 15.2. The summed E-state index contributed by atoms with van der Waals surface area (Å²) in [5.41, 5.74) is 2.52. The molecule has 1 aliphatic rings. The summed E-state index contributed by atoms with van der Waals surface area (Å²) in [5.74, 6) is 0.917. The van der Waals surface area contributed by atoms with Gasteiger partial charge in [-0.15, -0.1) is 31.4 Å². The van der Waals surface area contributed by atoms with Crippen LogP contribution < -0.4 is 10.1 Å². The molecule has 1 heterocycles. The largest absolute Gasteiger partial charge is 0.489 e. The highest BCUT2D eigenvalue weighted by molar-refractivity contribution is 5.85. The molecule has 1 fully saturated rings. The first-order chi connectivity index (χ1) is 11.9. The number of hydrogen-bond acceptors (Lipinski definition) is 3. The van der Waals surface area contributed by atoms with E-state index in [0.29, 0.717) is 12.6 Å². The van der Waals surface area contributed by atoms with Gasteiger partial charge in [-0.05, 0) is 29.7 Å². The standard InChI is InChI=1S/C21H26N2O.2ClH/c1-2-6-21(23-15-13-22-14-16-23)19-9-11-20(12-10-19)24-17-18-7-4-3-5-8-18;;/h2-5,7-12,21-22H,1,6,13-17H2;2*1H/t21-;;/m0../s1. The number of rotatable bonds is 7. The number of ether oxygens (including phenoxy) is 1. The number of benzene rings is 2. The van der Waals surface area contributed by atoms with Crippen LogP contribution in [-0.4, -0.2) is 31.1 Å². The second-order valence-corrected chi connectivity index (χ2v) is 6.17. The molecule has 2 aromatic rings. The van der Waals surface area contributed by atoms with Gasteiger partial charge in [0.1, 0.15) is 12.4 Å². The van der Waals surface area contributed by atoms with Crippen LogP contribution in [0.1, 0.15) is 23.6 Å². The lowest BCUT2D eigenvalue weighted by molar-refractivity contribution is 0.174. The second-order valence-electron chi connectivity index (χ2n) is 6.17. The molecular formula is C21H28Cl2N2O. The van der Waals surface area contributed by atoms with Gasteiger partial charge in [-0.2, -0.15) is 0 Å². The summed E-state index contributed by atoms with van der Waals surface area (Å²) < 4.78 is 5.89. The highest BCUT2D eigenvalue weighted by atomic mass is 35.5. The summed E-state index contributed by atoms with van der Waals surface area (Å²) >= 11 is 0. The Labute approximate surface area is 169 Å². The molecule has 0 unspecified atom stereocenters. The van der Waals surface area contributed by atoms with E-state index in [9.17, 15) is 0 Å². The summed E-state index contributed by atoms with van der Waals surface area (Å²) in [7, 11) is 0. The van der Waals surface area contributed by atoms with Crippen molar-refractivity contribution in [3.63, 3.8) is 0 Å². The molecular weight excluding hydrogens is 367 g/mol.